The Balaban J connectivity index is 4.14. The first-order valence-electron chi connectivity index (χ1n) is 5.93. The lowest BCUT2D eigenvalue weighted by atomic mass is 9.97. The Hall–Kier alpha value is -1.05. The summed E-state index contributed by atoms with van der Waals surface area (Å²) in [4.78, 5) is 11.4. The zero-order chi connectivity index (χ0) is 12.6. The number of hydrogen-bond donors (Lipinski definition) is 0. The third kappa shape index (κ3) is 6.44. The quantitative estimate of drug-likeness (QED) is 0.460. The molecule has 0 bridgehead atoms. The molecular formula is C14H24O2. The van der Waals surface area contributed by atoms with Crippen molar-refractivity contribution in [1.29, 1.82) is 0 Å². The standard InChI is InChI=1S/C14H24O2/c1-6-9-13(15)16-14(5,7-2)11-8-10-12(3)4/h7H,2-3,6,8-11H2,1,4-5H3. The van der Waals surface area contributed by atoms with E-state index in [9.17, 15) is 4.79 Å². The van der Waals surface area contributed by atoms with Crippen molar-refractivity contribution in [3.8, 4) is 0 Å². The summed E-state index contributed by atoms with van der Waals surface area (Å²) in [5, 5.41) is 0. The fraction of sp³-hybridized carbons (Fsp3) is 0.643. The molecule has 2 heteroatoms. The van der Waals surface area contributed by atoms with E-state index in [0.29, 0.717) is 6.42 Å². The maximum Gasteiger partial charge on any atom is 0.306 e. The van der Waals surface area contributed by atoms with Gasteiger partial charge in [0.15, 0.2) is 0 Å². The average Bonchev–Trinajstić information content (AvgIpc) is 2.17. The van der Waals surface area contributed by atoms with Crippen LogP contribution in [0.1, 0.15) is 52.9 Å². The summed E-state index contributed by atoms with van der Waals surface area (Å²) in [6.07, 6.45) is 5.76. The summed E-state index contributed by atoms with van der Waals surface area (Å²) in [6.45, 7) is 13.5. The Morgan fingerprint density at radius 2 is 2.06 bits per heavy atom. The summed E-state index contributed by atoms with van der Waals surface area (Å²) >= 11 is 0. The normalized spacial score (nSPS) is 13.9. The van der Waals surface area contributed by atoms with Crippen LogP contribution in [0.5, 0.6) is 0 Å². The van der Waals surface area contributed by atoms with Gasteiger partial charge in [0.05, 0.1) is 0 Å². The van der Waals surface area contributed by atoms with Gasteiger partial charge in [-0.05, 0) is 45.6 Å². The highest BCUT2D eigenvalue weighted by Gasteiger charge is 2.24. The van der Waals surface area contributed by atoms with Crippen molar-refractivity contribution < 1.29 is 9.53 Å². The van der Waals surface area contributed by atoms with Crippen LogP contribution in [0.2, 0.25) is 0 Å². The van der Waals surface area contributed by atoms with Gasteiger partial charge in [0.2, 0.25) is 0 Å². The Morgan fingerprint density at radius 1 is 1.44 bits per heavy atom. The minimum Gasteiger partial charge on any atom is -0.455 e. The molecule has 0 aliphatic heterocycles. The maximum atomic E-state index is 11.4. The molecule has 0 radical (unpaired) electrons. The van der Waals surface area contributed by atoms with Crippen LogP contribution in [0.4, 0.5) is 0 Å². The number of hydrogen-bond acceptors (Lipinski definition) is 2. The molecule has 0 heterocycles. The number of carbonyl (C=O) groups excluding carboxylic acids is 1. The molecule has 92 valence electrons. The summed E-state index contributed by atoms with van der Waals surface area (Å²) < 4.78 is 5.42. The van der Waals surface area contributed by atoms with Gasteiger partial charge in [-0.25, -0.2) is 0 Å². The van der Waals surface area contributed by atoms with E-state index in [2.05, 4.69) is 13.2 Å². The average molecular weight is 224 g/mol. The van der Waals surface area contributed by atoms with Gasteiger partial charge in [-0.15, -0.1) is 6.58 Å². The van der Waals surface area contributed by atoms with Crippen LogP contribution in [0.3, 0.4) is 0 Å². The molecule has 0 amide bonds. The monoisotopic (exact) mass is 224 g/mol. The Bertz CT molecular complexity index is 255. The molecule has 0 aliphatic rings. The number of rotatable bonds is 8. The van der Waals surface area contributed by atoms with Crippen molar-refractivity contribution in [2.45, 2.75) is 58.5 Å². The zero-order valence-corrected chi connectivity index (χ0v) is 10.8. The highest BCUT2D eigenvalue weighted by molar-refractivity contribution is 5.70. The van der Waals surface area contributed by atoms with E-state index >= 15 is 0 Å². The molecule has 2 nitrogen and oxygen atoms in total. The second kappa shape index (κ2) is 7.26. The topological polar surface area (TPSA) is 26.3 Å². The van der Waals surface area contributed by atoms with Crippen molar-refractivity contribution >= 4 is 5.97 Å². The molecule has 1 atom stereocenters. The highest BCUT2D eigenvalue weighted by Crippen LogP contribution is 2.22. The van der Waals surface area contributed by atoms with Crippen LogP contribution < -0.4 is 0 Å². The first-order chi connectivity index (χ1) is 7.43. The molecule has 0 aromatic carbocycles. The second-order valence-corrected chi connectivity index (χ2v) is 4.55. The van der Waals surface area contributed by atoms with Gasteiger partial charge in [0, 0.05) is 6.42 Å². The minimum atomic E-state index is -0.526. The number of ether oxygens (including phenoxy) is 1. The predicted octanol–water partition coefficient (Wildman–Crippen LogP) is 4.02. The van der Waals surface area contributed by atoms with Crippen molar-refractivity contribution in [2.24, 2.45) is 0 Å². The van der Waals surface area contributed by atoms with Gasteiger partial charge in [0.25, 0.3) is 0 Å². The van der Waals surface area contributed by atoms with Crippen molar-refractivity contribution in [3.63, 3.8) is 0 Å². The Morgan fingerprint density at radius 3 is 2.50 bits per heavy atom. The highest BCUT2D eigenvalue weighted by atomic mass is 16.6. The lowest BCUT2D eigenvalue weighted by Crippen LogP contribution is -2.29. The smallest absolute Gasteiger partial charge is 0.306 e. The van der Waals surface area contributed by atoms with E-state index in [1.807, 2.05) is 20.8 Å². The molecule has 0 aromatic rings. The molecule has 0 spiro atoms. The maximum absolute atomic E-state index is 11.4. The minimum absolute atomic E-state index is 0.139. The molecule has 0 saturated heterocycles. The molecule has 0 saturated carbocycles. The van der Waals surface area contributed by atoms with Gasteiger partial charge in [-0.1, -0.05) is 19.1 Å². The number of esters is 1. The first kappa shape index (κ1) is 14.9. The van der Waals surface area contributed by atoms with Crippen LogP contribution in [-0.4, -0.2) is 11.6 Å². The third-order valence-electron chi connectivity index (χ3n) is 2.51. The van der Waals surface area contributed by atoms with Gasteiger partial charge < -0.3 is 4.74 Å². The van der Waals surface area contributed by atoms with Crippen LogP contribution in [-0.2, 0) is 9.53 Å². The van der Waals surface area contributed by atoms with E-state index in [4.69, 9.17) is 4.74 Å². The Labute approximate surface area is 99.4 Å². The van der Waals surface area contributed by atoms with E-state index < -0.39 is 5.60 Å². The van der Waals surface area contributed by atoms with Crippen molar-refractivity contribution in [3.05, 3.63) is 24.8 Å². The molecule has 0 aromatic heterocycles. The fourth-order valence-electron chi connectivity index (χ4n) is 1.45. The van der Waals surface area contributed by atoms with Crippen LogP contribution in [0, 0.1) is 0 Å². The zero-order valence-electron chi connectivity index (χ0n) is 10.8. The molecule has 0 aliphatic carbocycles. The van der Waals surface area contributed by atoms with Gasteiger partial charge in [0.1, 0.15) is 5.60 Å². The van der Waals surface area contributed by atoms with Crippen molar-refractivity contribution in [2.75, 3.05) is 0 Å². The summed E-state index contributed by atoms with van der Waals surface area (Å²) in [5.41, 5.74) is 0.633. The largest absolute Gasteiger partial charge is 0.455 e. The summed E-state index contributed by atoms with van der Waals surface area (Å²) in [5.74, 6) is -0.139. The van der Waals surface area contributed by atoms with Crippen LogP contribution >= 0.6 is 0 Å². The third-order valence-corrected chi connectivity index (χ3v) is 2.51. The molecule has 0 rings (SSSR count). The molecule has 1 unspecified atom stereocenters. The molecule has 16 heavy (non-hydrogen) atoms. The van der Waals surface area contributed by atoms with Crippen molar-refractivity contribution in [1.82, 2.24) is 0 Å². The lowest BCUT2D eigenvalue weighted by molar-refractivity contribution is -0.154. The lowest BCUT2D eigenvalue weighted by Gasteiger charge is -2.26. The fourth-order valence-corrected chi connectivity index (χ4v) is 1.45. The van der Waals surface area contributed by atoms with Gasteiger partial charge >= 0.3 is 5.97 Å². The number of carbonyl (C=O) groups is 1. The molecular weight excluding hydrogens is 200 g/mol. The first-order valence-corrected chi connectivity index (χ1v) is 5.93. The van der Waals surface area contributed by atoms with E-state index in [1.165, 1.54) is 0 Å². The van der Waals surface area contributed by atoms with Gasteiger partial charge in [-0.3, -0.25) is 4.79 Å². The SMILES string of the molecule is C=CC(C)(CCCC(=C)C)OC(=O)CCC. The van der Waals surface area contributed by atoms with E-state index in [-0.39, 0.29) is 5.97 Å². The predicted molar refractivity (Wildman–Crippen MR) is 68.3 cm³/mol. The second-order valence-electron chi connectivity index (χ2n) is 4.55. The summed E-state index contributed by atoms with van der Waals surface area (Å²) in [6, 6.07) is 0. The number of allylic oxidation sites excluding steroid dienone is 1. The molecule has 0 N–H and O–H groups in total. The van der Waals surface area contributed by atoms with Crippen LogP contribution in [0.15, 0.2) is 24.8 Å². The van der Waals surface area contributed by atoms with E-state index in [0.717, 1.165) is 31.3 Å². The van der Waals surface area contributed by atoms with Crippen LogP contribution in [0.25, 0.3) is 0 Å². The molecule has 0 fully saturated rings. The summed E-state index contributed by atoms with van der Waals surface area (Å²) in [7, 11) is 0. The van der Waals surface area contributed by atoms with Gasteiger partial charge in [-0.2, -0.15) is 0 Å². The van der Waals surface area contributed by atoms with E-state index in [1.54, 1.807) is 6.08 Å². The Kier molecular flexibility index (Phi) is 6.78.